The number of aromatic amines is 1. The number of carboxylic acid groups (broad SMARTS) is 1. The van der Waals surface area contributed by atoms with E-state index in [-0.39, 0.29) is 5.56 Å². The third-order valence-electron chi connectivity index (χ3n) is 2.01. The Hall–Kier alpha value is -1.84. The maximum Gasteiger partial charge on any atom is 0.339 e. The smallest absolute Gasteiger partial charge is 0.339 e. The fourth-order valence-electron chi connectivity index (χ4n) is 1.32. The van der Waals surface area contributed by atoms with Gasteiger partial charge in [-0.2, -0.15) is 0 Å². The second kappa shape index (κ2) is 2.58. The van der Waals surface area contributed by atoms with Crippen molar-refractivity contribution in [3.8, 4) is 0 Å². The Bertz CT molecular complexity index is 473. The highest BCUT2D eigenvalue weighted by atomic mass is 16.4. The van der Waals surface area contributed by atoms with Crippen molar-refractivity contribution in [1.82, 2.24) is 9.97 Å². The minimum Gasteiger partial charge on any atom is -0.478 e. The summed E-state index contributed by atoms with van der Waals surface area (Å²) < 4.78 is 0. The summed E-state index contributed by atoms with van der Waals surface area (Å²) in [5.41, 5.74) is 2.53. The molecule has 0 fully saturated rings. The molecule has 2 N–H and O–H groups in total. The van der Waals surface area contributed by atoms with Crippen molar-refractivity contribution in [3.05, 3.63) is 29.6 Å². The van der Waals surface area contributed by atoms with E-state index in [1.165, 1.54) is 6.20 Å². The lowest BCUT2D eigenvalue weighted by atomic mass is 10.2. The van der Waals surface area contributed by atoms with E-state index < -0.39 is 5.97 Å². The van der Waals surface area contributed by atoms with Crippen LogP contribution in [-0.4, -0.2) is 21.0 Å². The average Bonchev–Trinajstić information content (AvgIpc) is 2.48. The molecule has 2 rings (SSSR count). The molecular weight excluding hydrogens is 168 g/mol. The lowest BCUT2D eigenvalue weighted by molar-refractivity contribution is 0.0699. The molecule has 2 aromatic rings. The summed E-state index contributed by atoms with van der Waals surface area (Å²) in [6.07, 6.45) is 3.07. The molecule has 0 aliphatic rings. The fourth-order valence-corrected chi connectivity index (χ4v) is 1.32. The van der Waals surface area contributed by atoms with Crippen LogP contribution >= 0.6 is 0 Å². The van der Waals surface area contributed by atoms with E-state index >= 15 is 0 Å². The van der Waals surface area contributed by atoms with Gasteiger partial charge in [0.25, 0.3) is 0 Å². The summed E-state index contributed by atoms with van der Waals surface area (Å²) in [7, 11) is 0. The molecule has 4 nitrogen and oxygen atoms in total. The number of rotatable bonds is 1. The molecule has 13 heavy (non-hydrogen) atoms. The molecule has 4 heteroatoms. The topological polar surface area (TPSA) is 66.0 Å². The van der Waals surface area contributed by atoms with E-state index in [4.69, 9.17) is 5.11 Å². The predicted molar refractivity (Wildman–Crippen MR) is 47.8 cm³/mol. The van der Waals surface area contributed by atoms with Gasteiger partial charge < -0.3 is 10.1 Å². The van der Waals surface area contributed by atoms with Gasteiger partial charge in [-0.1, -0.05) is 0 Å². The van der Waals surface area contributed by atoms with Crippen molar-refractivity contribution in [2.75, 3.05) is 0 Å². The van der Waals surface area contributed by atoms with Crippen molar-refractivity contribution in [3.63, 3.8) is 0 Å². The van der Waals surface area contributed by atoms with E-state index in [2.05, 4.69) is 9.97 Å². The first-order valence-electron chi connectivity index (χ1n) is 3.86. The highest BCUT2D eigenvalue weighted by Gasteiger charge is 2.11. The van der Waals surface area contributed by atoms with Crippen LogP contribution < -0.4 is 0 Å². The van der Waals surface area contributed by atoms with Gasteiger partial charge in [-0.15, -0.1) is 0 Å². The number of hydrogen-bond donors (Lipinski definition) is 2. The number of aryl methyl sites for hydroxylation is 1. The molecule has 0 spiro atoms. The van der Waals surface area contributed by atoms with Crippen LogP contribution in [0.3, 0.4) is 0 Å². The van der Waals surface area contributed by atoms with Crippen LogP contribution in [0.1, 0.15) is 15.9 Å². The third kappa shape index (κ3) is 1.07. The first-order chi connectivity index (χ1) is 6.20. The average molecular weight is 176 g/mol. The van der Waals surface area contributed by atoms with Gasteiger partial charge in [0.05, 0.1) is 5.52 Å². The van der Waals surface area contributed by atoms with Crippen molar-refractivity contribution >= 4 is 17.0 Å². The molecule has 0 saturated heterocycles. The summed E-state index contributed by atoms with van der Waals surface area (Å²) >= 11 is 0. The maximum absolute atomic E-state index is 10.7. The molecule has 0 aromatic carbocycles. The molecule has 2 heterocycles. The standard InChI is InChI=1S/C9H8N2O2/c1-5-2-3-10-8-6(9(12)13)4-11-7(5)8/h2-4,11H,1H3,(H,12,13). The van der Waals surface area contributed by atoms with Crippen molar-refractivity contribution in [2.45, 2.75) is 6.92 Å². The number of nitrogens with zero attached hydrogens (tertiary/aromatic N) is 1. The molecule has 0 radical (unpaired) electrons. The highest BCUT2D eigenvalue weighted by molar-refractivity contribution is 6.01. The maximum atomic E-state index is 10.7. The lowest BCUT2D eigenvalue weighted by Crippen LogP contribution is -1.94. The number of pyridine rings is 1. The quantitative estimate of drug-likeness (QED) is 0.693. The monoisotopic (exact) mass is 176 g/mol. The number of fused-ring (bicyclic) bond motifs is 1. The molecule has 66 valence electrons. The zero-order chi connectivity index (χ0) is 9.42. The number of carboxylic acids is 1. The van der Waals surface area contributed by atoms with Crippen molar-refractivity contribution in [1.29, 1.82) is 0 Å². The van der Waals surface area contributed by atoms with Gasteiger partial charge in [0, 0.05) is 12.4 Å². The largest absolute Gasteiger partial charge is 0.478 e. The SMILES string of the molecule is Cc1ccnc2c(C(=O)O)c[nH]c12. The predicted octanol–water partition coefficient (Wildman–Crippen LogP) is 1.57. The Kier molecular flexibility index (Phi) is 1.55. The van der Waals surface area contributed by atoms with Crippen LogP contribution in [-0.2, 0) is 0 Å². The zero-order valence-corrected chi connectivity index (χ0v) is 7.03. The Morgan fingerprint density at radius 2 is 2.38 bits per heavy atom. The summed E-state index contributed by atoms with van der Waals surface area (Å²) in [5, 5.41) is 8.80. The van der Waals surface area contributed by atoms with Crippen molar-refractivity contribution < 1.29 is 9.90 Å². The third-order valence-corrected chi connectivity index (χ3v) is 2.01. The summed E-state index contributed by atoms with van der Waals surface area (Å²) in [6.45, 7) is 1.91. The van der Waals surface area contributed by atoms with Gasteiger partial charge in [0.15, 0.2) is 0 Å². The summed E-state index contributed by atoms with van der Waals surface area (Å²) in [4.78, 5) is 17.6. The first-order valence-corrected chi connectivity index (χ1v) is 3.86. The van der Waals surface area contributed by atoms with Gasteiger partial charge >= 0.3 is 5.97 Å². The van der Waals surface area contributed by atoms with Crippen LogP contribution in [0, 0.1) is 6.92 Å². The van der Waals surface area contributed by atoms with Crippen LogP contribution in [0.5, 0.6) is 0 Å². The first kappa shape index (κ1) is 7.79. The Morgan fingerprint density at radius 1 is 1.62 bits per heavy atom. The second-order valence-corrected chi connectivity index (χ2v) is 2.86. The fraction of sp³-hybridized carbons (Fsp3) is 0.111. The summed E-state index contributed by atoms with van der Waals surface area (Å²) in [5.74, 6) is -0.954. The zero-order valence-electron chi connectivity index (χ0n) is 7.03. The Morgan fingerprint density at radius 3 is 3.08 bits per heavy atom. The molecule has 0 aliphatic carbocycles. The van der Waals surface area contributed by atoms with E-state index in [1.807, 2.05) is 13.0 Å². The van der Waals surface area contributed by atoms with Gasteiger partial charge in [-0.3, -0.25) is 4.98 Å². The molecule has 0 aliphatic heterocycles. The number of nitrogens with one attached hydrogen (secondary N) is 1. The second-order valence-electron chi connectivity index (χ2n) is 2.86. The minimum absolute atomic E-state index is 0.221. The van der Waals surface area contributed by atoms with Crippen LogP contribution in [0.25, 0.3) is 11.0 Å². The van der Waals surface area contributed by atoms with Crippen LogP contribution in [0.15, 0.2) is 18.5 Å². The molecule has 2 aromatic heterocycles. The molecule has 0 amide bonds. The van der Waals surface area contributed by atoms with Crippen LogP contribution in [0.4, 0.5) is 0 Å². The van der Waals surface area contributed by atoms with Gasteiger partial charge in [0.1, 0.15) is 11.1 Å². The molecular formula is C9H8N2O2. The normalized spacial score (nSPS) is 10.5. The van der Waals surface area contributed by atoms with Gasteiger partial charge in [-0.25, -0.2) is 4.79 Å². The van der Waals surface area contributed by atoms with E-state index in [1.54, 1.807) is 6.20 Å². The molecule has 0 atom stereocenters. The van der Waals surface area contributed by atoms with Gasteiger partial charge in [-0.05, 0) is 18.6 Å². The van der Waals surface area contributed by atoms with E-state index in [0.717, 1.165) is 11.1 Å². The summed E-state index contributed by atoms with van der Waals surface area (Å²) in [6, 6.07) is 1.84. The highest BCUT2D eigenvalue weighted by Crippen LogP contribution is 2.18. The number of hydrogen-bond acceptors (Lipinski definition) is 2. The molecule has 0 bridgehead atoms. The number of carbonyl (C=O) groups is 1. The van der Waals surface area contributed by atoms with Crippen LogP contribution in [0.2, 0.25) is 0 Å². The molecule has 0 saturated carbocycles. The number of aromatic nitrogens is 2. The Labute approximate surface area is 74.2 Å². The van der Waals surface area contributed by atoms with Crippen molar-refractivity contribution in [2.24, 2.45) is 0 Å². The molecule has 0 unspecified atom stereocenters. The number of aromatic carboxylic acids is 1. The number of H-pyrrole nitrogens is 1. The van der Waals surface area contributed by atoms with Gasteiger partial charge in [0.2, 0.25) is 0 Å². The van der Waals surface area contributed by atoms with E-state index in [9.17, 15) is 4.79 Å². The minimum atomic E-state index is -0.954. The van der Waals surface area contributed by atoms with E-state index in [0.29, 0.717) is 5.52 Å². The Balaban J connectivity index is 2.83. The lowest BCUT2D eigenvalue weighted by Gasteiger charge is -1.94.